The summed E-state index contributed by atoms with van der Waals surface area (Å²) in [5.74, 6) is -124. The Morgan fingerprint density at radius 2 is 0.570 bits per heavy atom. The Bertz CT molecular complexity index is 2900. The van der Waals surface area contributed by atoms with Gasteiger partial charge in [0.05, 0.1) is 0 Å². The molecule has 0 aliphatic carbocycles. The van der Waals surface area contributed by atoms with Crippen LogP contribution in [0.2, 0.25) is 0 Å². The first-order valence-corrected chi connectivity index (χ1v) is 22.3. The minimum atomic E-state index is -8.73. The number of rotatable bonds is 27. The lowest BCUT2D eigenvalue weighted by atomic mass is 9.95. The maximum absolute atomic E-state index is 14.7. The molecule has 2 rings (SSSR count). The minimum absolute atomic E-state index is 0.0834. The van der Waals surface area contributed by atoms with E-state index in [0.29, 0.717) is 0 Å². The van der Waals surface area contributed by atoms with Gasteiger partial charge in [0.1, 0.15) is 34.5 Å². The molecule has 2 aromatic rings. The van der Waals surface area contributed by atoms with Crippen LogP contribution in [0.25, 0.3) is 10.8 Å². The number of hydrogen-bond acceptors (Lipinski definition) is 9. The van der Waals surface area contributed by atoms with Crippen molar-refractivity contribution in [2.24, 2.45) is 0 Å². The fraction of sp³-hybridized carbons (Fsp3) is 0.677. The third-order valence-corrected chi connectivity index (χ3v) is 14.0. The van der Waals surface area contributed by atoms with E-state index < -0.39 is 190 Å². The van der Waals surface area contributed by atoms with Crippen molar-refractivity contribution in [3.05, 3.63) is 30.3 Å². The first kappa shape index (κ1) is 71.0. The number of alkyl halides is 36. The van der Waals surface area contributed by atoms with Crippen molar-refractivity contribution in [3.8, 4) is 0 Å². The molecule has 9 nitrogen and oxygen atoms in total. The molecule has 0 amide bonds. The highest BCUT2D eigenvalue weighted by Crippen LogP contribution is 2.62. The van der Waals surface area contributed by atoms with Crippen LogP contribution in [-0.4, -0.2) is 153 Å². The van der Waals surface area contributed by atoms with E-state index in [9.17, 15) is 183 Å². The Labute approximate surface area is 410 Å². The van der Waals surface area contributed by atoms with E-state index in [1.165, 1.54) is 0 Å². The van der Waals surface area contributed by atoms with Gasteiger partial charge in [-0.3, -0.25) is 12.5 Å². The van der Waals surface area contributed by atoms with Crippen molar-refractivity contribution >= 4 is 41.1 Å². The van der Waals surface area contributed by atoms with E-state index in [1.54, 1.807) is 0 Å². The molecule has 0 radical (unpaired) electrons. The third kappa shape index (κ3) is 10.8. The molecule has 0 aliphatic heterocycles. The van der Waals surface area contributed by atoms with Crippen LogP contribution in [0, 0.1) is 0 Å². The standard InChI is InChI=1S/C31H14F36O9S3/c32-14(33)20(44,45)26(56,57)29(62,63)23(50,51)17(38,39)6-74-77(68,69)11-5-9-3-1-2-4-10(9)12(78(70,71)75-7-18(40,41)24(52,53)30(64,65)27(58,59)21(46,47)15(34)35)13(11)79(72,73)76-8-19(42,43)25(54,55)31(66,67)28(60,61)22(48,49)16(36)37/h1-5,14-16H,6-8H2. The summed E-state index contributed by atoms with van der Waals surface area (Å²) in [6.07, 6.45) is -18.7. The Balaban J connectivity index is 3.19. The molecule has 2 aromatic carbocycles. The van der Waals surface area contributed by atoms with Gasteiger partial charge in [0, 0.05) is 5.39 Å². The summed E-state index contributed by atoms with van der Waals surface area (Å²) in [7, 11) is -24.1. The number of hydrogen-bond donors (Lipinski definition) is 0. The fourth-order valence-corrected chi connectivity index (χ4v) is 9.77. The number of halogens is 36. The second-order valence-electron chi connectivity index (χ2n) is 15.0. The molecule has 0 saturated heterocycles. The number of benzene rings is 2. The van der Waals surface area contributed by atoms with Gasteiger partial charge < -0.3 is 0 Å². The fourth-order valence-electron chi connectivity index (χ4n) is 5.17. The molecule has 0 atom stereocenters. The van der Waals surface area contributed by atoms with Crippen molar-refractivity contribution < 1.29 is 196 Å². The van der Waals surface area contributed by atoms with Gasteiger partial charge in [0.25, 0.3) is 30.4 Å². The lowest BCUT2D eigenvalue weighted by Gasteiger charge is -2.39. The molecular weight excluding hydrogens is 1300 g/mol. The summed E-state index contributed by atoms with van der Waals surface area (Å²) >= 11 is 0. The van der Waals surface area contributed by atoms with Gasteiger partial charge in [-0.2, -0.15) is 157 Å². The average Bonchev–Trinajstić information content (AvgIpc) is 3.28. The predicted octanol–water partition coefficient (Wildman–Crippen LogP) is 12.3. The second kappa shape index (κ2) is 20.4. The zero-order valence-electron chi connectivity index (χ0n) is 35.2. The van der Waals surface area contributed by atoms with Crippen LogP contribution < -0.4 is 0 Å². The summed E-state index contributed by atoms with van der Waals surface area (Å²) in [5, 5.41) is -4.04. The van der Waals surface area contributed by atoms with E-state index in [2.05, 4.69) is 12.5 Å². The van der Waals surface area contributed by atoms with Crippen LogP contribution in [-0.2, 0) is 42.9 Å². The first-order chi connectivity index (χ1) is 34.3. The summed E-state index contributed by atoms with van der Waals surface area (Å²) < 4.78 is 586. The van der Waals surface area contributed by atoms with E-state index in [0.717, 1.165) is 0 Å². The highest BCUT2D eigenvalue weighted by Gasteiger charge is 2.90. The van der Waals surface area contributed by atoms with Gasteiger partial charge in [0.2, 0.25) is 0 Å². The minimum Gasteiger partial charge on any atom is -0.260 e. The van der Waals surface area contributed by atoms with Gasteiger partial charge in [-0.15, -0.1) is 0 Å². The Hall–Kier alpha value is -4.09. The normalized spacial score (nSPS) is 16.0. The van der Waals surface area contributed by atoms with Crippen molar-refractivity contribution in [3.63, 3.8) is 0 Å². The molecule has 0 bridgehead atoms. The van der Waals surface area contributed by atoms with Gasteiger partial charge in [-0.25, -0.2) is 26.3 Å². The summed E-state index contributed by atoms with van der Waals surface area (Å²) in [6, 6.07) is -0.975. The largest absolute Gasteiger partial charge is 0.384 e. The molecule has 0 heterocycles. The van der Waals surface area contributed by atoms with E-state index in [1.807, 2.05) is 0 Å². The smallest absolute Gasteiger partial charge is 0.260 e. The number of fused-ring (bicyclic) bond motifs is 1. The molecule has 0 unspecified atom stereocenters. The monoisotopic (exact) mass is 1310 g/mol. The van der Waals surface area contributed by atoms with Crippen molar-refractivity contribution in [2.45, 2.75) is 123 Å². The van der Waals surface area contributed by atoms with Crippen LogP contribution in [0.1, 0.15) is 0 Å². The van der Waals surface area contributed by atoms with Gasteiger partial charge >= 0.3 is 108 Å². The van der Waals surface area contributed by atoms with Crippen LogP contribution in [0.4, 0.5) is 158 Å². The van der Waals surface area contributed by atoms with Crippen LogP contribution in [0.5, 0.6) is 0 Å². The van der Waals surface area contributed by atoms with Crippen LogP contribution in [0.15, 0.2) is 45.0 Å². The topological polar surface area (TPSA) is 130 Å². The molecule has 0 aromatic heterocycles. The molecular formula is C31H14F36O9S3. The Morgan fingerprint density at radius 3 is 0.835 bits per heavy atom. The Kier molecular flexibility index (Phi) is 18.3. The molecule has 0 N–H and O–H groups in total. The molecule has 48 heteroatoms. The molecule has 0 aliphatic rings. The summed E-state index contributed by atoms with van der Waals surface area (Å²) in [5.41, 5.74) is 0. The molecule has 0 spiro atoms. The molecule has 0 saturated carbocycles. The maximum atomic E-state index is 14.7. The van der Waals surface area contributed by atoms with E-state index in [-0.39, 0.29) is 24.3 Å². The van der Waals surface area contributed by atoms with Crippen molar-refractivity contribution in [1.29, 1.82) is 0 Å². The average molecular weight is 1310 g/mol. The summed E-state index contributed by atoms with van der Waals surface area (Å²) in [6.45, 7) is -13.9. The van der Waals surface area contributed by atoms with Gasteiger partial charge in [0.15, 0.2) is 0 Å². The zero-order valence-corrected chi connectivity index (χ0v) is 37.7. The van der Waals surface area contributed by atoms with E-state index >= 15 is 0 Å². The molecule has 79 heavy (non-hydrogen) atoms. The van der Waals surface area contributed by atoms with Crippen LogP contribution >= 0.6 is 0 Å². The first-order valence-electron chi connectivity index (χ1n) is 18.0. The zero-order chi connectivity index (χ0) is 63.4. The van der Waals surface area contributed by atoms with Crippen molar-refractivity contribution in [2.75, 3.05) is 19.8 Å². The SMILES string of the molecule is O=S(=O)(OCC(F)(F)C(F)(F)C(F)(F)C(F)(F)C(F)(F)C(F)F)c1cc2ccccc2c(S(=O)(=O)OCC(F)(F)C(F)(F)C(F)(F)C(F)(F)C(F)(F)C(F)F)c1S(=O)(=O)OCC(F)(F)C(F)(F)C(F)(F)C(F)(F)C(F)(F)C(F)F. The molecule has 0 fully saturated rings. The quantitative estimate of drug-likeness (QED) is 0.0634. The lowest BCUT2D eigenvalue weighted by molar-refractivity contribution is -0.414. The summed E-state index contributed by atoms with van der Waals surface area (Å²) in [4.78, 5) is -11.0. The van der Waals surface area contributed by atoms with Gasteiger partial charge in [-0.05, 0) is 11.5 Å². The highest BCUT2D eigenvalue weighted by atomic mass is 32.2. The Morgan fingerprint density at radius 1 is 0.329 bits per heavy atom. The maximum Gasteiger partial charge on any atom is 0.384 e. The molecule has 462 valence electrons. The lowest BCUT2D eigenvalue weighted by Crippen LogP contribution is -2.69. The second-order valence-corrected chi connectivity index (χ2v) is 19.6. The van der Waals surface area contributed by atoms with E-state index in [4.69, 9.17) is 0 Å². The van der Waals surface area contributed by atoms with Crippen LogP contribution in [0.3, 0.4) is 0 Å². The predicted molar refractivity (Wildman–Crippen MR) is 176 cm³/mol. The highest BCUT2D eigenvalue weighted by molar-refractivity contribution is 7.91. The van der Waals surface area contributed by atoms with Gasteiger partial charge in [-0.1, -0.05) is 24.3 Å². The third-order valence-electron chi connectivity index (χ3n) is 9.70. The van der Waals surface area contributed by atoms with Crippen molar-refractivity contribution in [1.82, 2.24) is 0 Å².